The van der Waals surface area contributed by atoms with Crippen molar-refractivity contribution in [3.63, 3.8) is 0 Å². The van der Waals surface area contributed by atoms with Crippen molar-refractivity contribution in [2.75, 3.05) is 13.7 Å². The standard InChI is InChI=1S/C18H22ClN3O3/c1-25-16-9-12-8-11(17(23)22-15(12)10-14(16)19)6-7-20-18(24)21-13-4-2-3-5-13/h8-10,13H,2-7H2,1H3,(H,22,23)(H2,20,21,24). The zero-order valence-electron chi connectivity index (χ0n) is 14.2. The van der Waals surface area contributed by atoms with E-state index >= 15 is 0 Å². The van der Waals surface area contributed by atoms with Gasteiger partial charge in [0.15, 0.2) is 0 Å². The summed E-state index contributed by atoms with van der Waals surface area (Å²) in [6, 6.07) is 5.38. The Hall–Kier alpha value is -2.21. The summed E-state index contributed by atoms with van der Waals surface area (Å²) >= 11 is 6.08. The Balaban J connectivity index is 1.64. The van der Waals surface area contributed by atoms with Crippen LogP contribution in [-0.2, 0) is 6.42 Å². The minimum absolute atomic E-state index is 0.169. The van der Waals surface area contributed by atoms with Gasteiger partial charge in [0.2, 0.25) is 0 Å². The molecule has 0 atom stereocenters. The second kappa shape index (κ2) is 7.78. The zero-order valence-corrected chi connectivity index (χ0v) is 14.9. The molecule has 0 bridgehead atoms. The van der Waals surface area contributed by atoms with E-state index in [1.54, 1.807) is 19.2 Å². The number of ether oxygens (including phenoxy) is 1. The van der Waals surface area contributed by atoms with Crippen molar-refractivity contribution in [2.24, 2.45) is 0 Å². The third-order valence-corrected chi connectivity index (χ3v) is 4.86. The van der Waals surface area contributed by atoms with E-state index in [9.17, 15) is 9.59 Å². The Labute approximate surface area is 150 Å². The van der Waals surface area contributed by atoms with Gasteiger partial charge in [-0.1, -0.05) is 24.4 Å². The Morgan fingerprint density at radius 3 is 2.80 bits per heavy atom. The number of H-pyrrole nitrogens is 1. The van der Waals surface area contributed by atoms with Crippen molar-refractivity contribution in [1.82, 2.24) is 15.6 Å². The normalized spacial score (nSPS) is 14.6. The number of hydrogen-bond acceptors (Lipinski definition) is 3. The maximum atomic E-state index is 12.2. The number of fused-ring (bicyclic) bond motifs is 1. The minimum atomic E-state index is -0.174. The van der Waals surface area contributed by atoms with Crippen LogP contribution in [0.5, 0.6) is 5.75 Å². The number of urea groups is 1. The lowest BCUT2D eigenvalue weighted by Gasteiger charge is -2.13. The summed E-state index contributed by atoms with van der Waals surface area (Å²) in [5.74, 6) is 0.557. The van der Waals surface area contributed by atoms with Gasteiger partial charge in [-0.25, -0.2) is 4.79 Å². The van der Waals surface area contributed by atoms with Crippen molar-refractivity contribution in [3.05, 3.63) is 39.1 Å². The zero-order chi connectivity index (χ0) is 17.8. The molecule has 3 N–H and O–H groups in total. The maximum Gasteiger partial charge on any atom is 0.315 e. The predicted octanol–water partition coefficient (Wildman–Crippen LogP) is 2.97. The number of aromatic nitrogens is 1. The van der Waals surface area contributed by atoms with E-state index in [0.29, 0.717) is 34.8 Å². The second-order valence-corrected chi connectivity index (χ2v) is 6.74. The molecule has 1 aromatic heterocycles. The lowest BCUT2D eigenvalue weighted by molar-refractivity contribution is 0.237. The molecule has 1 heterocycles. The lowest BCUT2D eigenvalue weighted by atomic mass is 10.1. The molecule has 0 aliphatic heterocycles. The number of benzene rings is 1. The molecule has 1 aliphatic rings. The molecular weight excluding hydrogens is 342 g/mol. The third-order valence-electron chi connectivity index (χ3n) is 4.56. The predicted molar refractivity (Wildman–Crippen MR) is 98.6 cm³/mol. The van der Waals surface area contributed by atoms with Crippen LogP contribution >= 0.6 is 11.6 Å². The van der Waals surface area contributed by atoms with E-state index in [0.717, 1.165) is 18.2 Å². The Morgan fingerprint density at radius 2 is 2.08 bits per heavy atom. The van der Waals surface area contributed by atoms with Crippen LogP contribution in [0.4, 0.5) is 4.79 Å². The van der Waals surface area contributed by atoms with Gasteiger partial charge in [-0.2, -0.15) is 0 Å². The number of amides is 2. The average Bonchev–Trinajstić information content (AvgIpc) is 3.08. The fourth-order valence-electron chi connectivity index (χ4n) is 3.21. The summed E-state index contributed by atoms with van der Waals surface area (Å²) < 4.78 is 5.21. The molecule has 2 aromatic rings. The molecule has 6 nitrogen and oxygen atoms in total. The van der Waals surface area contributed by atoms with Gasteiger partial charge in [0.05, 0.1) is 17.6 Å². The number of nitrogens with one attached hydrogen (secondary N) is 3. The highest BCUT2D eigenvalue weighted by atomic mass is 35.5. The number of aromatic amines is 1. The highest BCUT2D eigenvalue weighted by Gasteiger charge is 2.16. The van der Waals surface area contributed by atoms with E-state index < -0.39 is 0 Å². The van der Waals surface area contributed by atoms with Crippen molar-refractivity contribution in [1.29, 1.82) is 0 Å². The van der Waals surface area contributed by atoms with Crippen molar-refractivity contribution < 1.29 is 9.53 Å². The van der Waals surface area contributed by atoms with E-state index in [4.69, 9.17) is 16.3 Å². The quantitative estimate of drug-likeness (QED) is 0.763. The van der Waals surface area contributed by atoms with Crippen LogP contribution < -0.4 is 20.9 Å². The van der Waals surface area contributed by atoms with Crippen molar-refractivity contribution >= 4 is 28.5 Å². The second-order valence-electron chi connectivity index (χ2n) is 6.33. The average molecular weight is 364 g/mol. The van der Waals surface area contributed by atoms with Crippen molar-refractivity contribution in [2.45, 2.75) is 38.1 Å². The first-order valence-corrected chi connectivity index (χ1v) is 8.88. The first-order chi connectivity index (χ1) is 12.1. The Kier molecular flexibility index (Phi) is 5.48. The molecule has 0 saturated heterocycles. The molecule has 3 rings (SSSR count). The molecule has 0 spiro atoms. The molecule has 134 valence electrons. The number of carbonyl (C=O) groups is 1. The number of rotatable bonds is 5. The van der Waals surface area contributed by atoms with Gasteiger partial charge in [-0.15, -0.1) is 0 Å². The highest BCUT2D eigenvalue weighted by Crippen LogP contribution is 2.28. The van der Waals surface area contributed by atoms with E-state index in [2.05, 4.69) is 15.6 Å². The largest absolute Gasteiger partial charge is 0.495 e. The first-order valence-electron chi connectivity index (χ1n) is 8.50. The van der Waals surface area contributed by atoms with Crippen LogP contribution in [0.1, 0.15) is 31.2 Å². The van der Waals surface area contributed by atoms with Gasteiger partial charge < -0.3 is 20.4 Å². The molecule has 7 heteroatoms. The van der Waals surface area contributed by atoms with E-state index in [1.807, 2.05) is 6.07 Å². The maximum absolute atomic E-state index is 12.2. The van der Waals surface area contributed by atoms with Crippen molar-refractivity contribution in [3.8, 4) is 5.75 Å². The summed E-state index contributed by atoms with van der Waals surface area (Å²) in [7, 11) is 1.55. The van der Waals surface area contributed by atoms with Gasteiger partial charge in [0.25, 0.3) is 5.56 Å². The fourth-order valence-corrected chi connectivity index (χ4v) is 3.45. The monoisotopic (exact) mass is 363 g/mol. The molecule has 1 fully saturated rings. The number of hydrogen-bond donors (Lipinski definition) is 3. The van der Waals surface area contributed by atoms with Gasteiger partial charge >= 0.3 is 6.03 Å². The highest BCUT2D eigenvalue weighted by molar-refractivity contribution is 6.32. The summed E-state index contributed by atoms with van der Waals surface area (Å²) in [5, 5.41) is 7.07. The topological polar surface area (TPSA) is 83.2 Å². The SMILES string of the molecule is COc1cc2cc(CCNC(=O)NC3CCCC3)c(=O)[nH]c2cc1Cl. The molecule has 1 saturated carbocycles. The Morgan fingerprint density at radius 1 is 1.32 bits per heavy atom. The van der Waals surface area contributed by atoms with E-state index in [-0.39, 0.29) is 17.6 Å². The van der Waals surface area contributed by atoms with Crippen LogP contribution in [0.25, 0.3) is 10.9 Å². The van der Waals surface area contributed by atoms with Gasteiger partial charge in [-0.3, -0.25) is 4.79 Å². The molecule has 0 unspecified atom stereocenters. The number of carbonyl (C=O) groups excluding carboxylic acids is 1. The first kappa shape index (κ1) is 17.6. The van der Waals surface area contributed by atoms with Crippen LogP contribution in [0.2, 0.25) is 5.02 Å². The number of pyridine rings is 1. The number of halogens is 1. The third kappa shape index (κ3) is 4.25. The summed E-state index contributed by atoms with van der Waals surface area (Å²) in [6.07, 6.45) is 4.88. The van der Waals surface area contributed by atoms with Gasteiger partial charge in [0, 0.05) is 23.5 Å². The number of methoxy groups -OCH3 is 1. The Bertz CT molecular complexity index is 828. The fraction of sp³-hybridized carbons (Fsp3) is 0.444. The summed E-state index contributed by atoms with van der Waals surface area (Å²) in [5.41, 5.74) is 1.09. The van der Waals surface area contributed by atoms with E-state index in [1.165, 1.54) is 12.8 Å². The van der Waals surface area contributed by atoms with Crippen LogP contribution in [-0.4, -0.2) is 30.7 Å². The molecule has 25 heavy (non-hydrogen) atoms. The summed E-state index contributed by atoms with van der Waals surface area (Å²) in [4.78, 5) is 26.9. The molecule has 1 aliphatic carbocycles. The van der Waals surface area contributed by atoms with Gasteiger partial charge in [-0.05, 0) is 37.5 Å². The van der Waals surface area contributed by atoms with Crippen LogP contribution in [0.15, 0.2) is 23.0 Å². The molecule has 0 radical (unpaired) electrons. The molecule has 2 amide bonds. The minimum Gasteiger partial charge on any atom is -0.495 e. The molecule has 1 aromatic carbocycles. The smallest absolute Gasteiger partial charge is 0.315 e. The summed E-state index contributed by atoms with van der Waals surface area (Å²) in [6.45, 7) is 0.401. The van der Waals surface area contributed by atoms with Crippen LogP contribution in [0, 0.1) is 0 Å². The lowest BCUT2D eigenvalue weighted by Crippen LogP contribution is -2.41. The van der Waals surface area contributed by atoms with Crippen LogP contribution in [0.3, 0.4) is 0 Å². The van der Waals surface area contributed by atoms with Gasteiger partial charge in [0.1, 0.15) is 5.75 Å². The molecular formula is C18H22ClN3O3.